The molecule has 33 heavy (non-hydrogen) atoms. The van der Waals surface area contributed by atoms with Crippen molar-refractivity contribution < 1.29 is 14.0 Å². The molecule has 0 saturated carbocycles. The number of hydrogen-bond acceptors (Lipinski definition) is 4. The number of hydrogen-bond donors (Lipinski definition) is 1. The van der Waals surface area contributed by atoms with E-state index in [9.17, 15) is 9.18 Å². The van der Waals surface area contributed by atoms with Gasteiger partial charge in [0.05, 0.1) is 11.8 Å². The average molecular weight is 452 g/mol. The van der Waals surface area contributed by atoms with E-state index < -0.39 is 0 Å². The molecule has 0 aliphatic carbocycles. The number of β-lactam (4-membered cyclic amide) rings is 1. The van der Waals surface area contributed by atoms with Crippen molar-refractivity contribution in [2.75, 3.05) is 18.1 Å². The third-order valence-corrected chi connectivity index (χ3v) is 5.77. The summed E-state index contributed by atoms with van der Waals surface area (Å²) >= 11 is 0. The highest BCUT2D eigenvalue weighted by molar-refractivity contribution is 6.18. The topological polar surface area (TPSA) is 53.9 Å². The predicted molar refractivity (Wildman–Crippen MR) is 132 cm³/mol. The second-order valence-corrected chi connectivity index (χ2v) is 8.32. The van der Waals surface area contributed by atoms with Crippen LogP contribution in [-0.2, 0) is 9.63 Å². The highest BCUT2D eigenvalue weighted by Crippen LogP contribution is 2.43. The Kier molecular flexibility index (Phi) is 9.19. The van der Waals surface area contributed by atoms with Crippen LogP contribution < -0.4 is 10.2 Å². The summed E-state index contributed by atoms with van der Waals surface area (Å²) in [6.45, 7) is 7.61. The molecule has 2 atom stereocenters. The first-order chi connectivity index (χ1) is 16.0. The summed E-state index contributed by atoms with van der Waals surface area (Å²) in [7, 11) is 0. The van der Waals surface area contributed by atoms with Gasteiger partial charge in [0.15, 0.2) is 0 Å². The molecule has 0 spiro atoms. The van der Waals surface area contributed by atoms with Crippen molar-refractivity contribution in [3.63, 3.8) is 0 Å². The van der Waals surface area contributed by atoms with Crippen molar-refractivity contribution in [1.29, 1.82) is 0 Å². The molecule has 0 bridgehead atoms. The van der Waals surface area contributed by atoms with Crippen LogP contribution >= 0.6 is 0 Å². The minimum atomic E-state index is -0.329. The van der Waals surface area contributed by atoms with Gasteiger partial charge in [0.1, 0.15) is 12.4 Å². The fraction of sp³-hybridized carbons (Fsp3) is 0.407. The molecule has 1 amide bonds. The van der Waals surface area contributed by atoms with E-state index in [2.05, 4.69) is 24.3 Å². The molecule has 1 saturated heterocycles. The van der Waals surface area contributed by atoms with Crippen molar-refractivity contribution in [3.05, 3.63) is 77.6 Å². The van der Waals surface area contributed by atoms with Gasteiger partial charge in [-0.05, 0) is 62.2 Å². The van der Waals surface area contributed by atoms with E-state index >= 15 is 0 Å². The maximum Gasteiger partial charge on any atom is 0.257 e. The zero-order valence-corrected chi connectivity index (χ0v) is 19.8. The second-order valence-electron chi connectivity index (χ2n) is 8.32. The molecular formula is C27H34FN3O2. The maximum atomic E-state index is 13.4. The van der Waals surface area contributed by atoms with Crippen LogP contribution in [0.2, 0.25) is 0 Å². The Morgan fingerprint density at radius 2 is 1.88 bits per heavy atom. The molecule has 0 aromatic heterocycles. The number of benzene rings is 2. The van der Waals surface area contributed by atoms with Crippen LogP contribution in [0, 0.1) is 5.82 Å². The van der Waals surface area contributed by atoms with Crippen molar-refractivity contribution in [2.45, 2.75) is 58.5 Å². The number of allylic oxidation sites excluding steroid dienone is 1. The minimum absolute atomic E-state index is 0.114. The quantitative estimate of drug-likeness (QED) is 0.146. The smallest absolute Gasteiger partial charge is 0.257 e. The highest BCUT2D eigenvalue weighted by atomic mass is 19.1. The van der Waals surface area contributed by atoms with Crippen LogP contribution in [0.3, 0.4) is 0 Å². The van der Waals surface area contributed by atoms with Crippen molar-refractivity contribution in [2.24, 2.45) is 5.16 Å². The number of halogens is 1. The predicted octanol–water partition coefficient (Wildman–Crippen LogP) is 5.79. The first kappa shape index (κ1) is 24.6. The van der Waals surface area contributed by atoms with Crippen LogP contribution in [0.4, 0.5) is 10.1 Å². The van der Waals surface area contributed by atoms with Crippen molar-refractivity contribution >= 4 is 17.3 Å². The number of nitrogens with zero attached hydrogens (tertiary/aromatic N) is 2. The second kappa shape index (κ2) is 12.3. The summed E-state index contributed by atoms with van der Waals surface area (Å²) in [5, 5.41) is 7.72. The SMILES string of the molecule is CCCCC(CCON=C(C)C=C1C(=O)N(c2ccc(F)cc2)C1c1ccccc1)NCC. The number of nitrogens with one attached hydrogen (secondary N) is 1. The van der Waals surface area contributed by atoms with Crippen LogP contribution in [0.15, 0.2) is 71.4 Å². The Bertz CT molecular complexity index is 957. The van der Waals surface area contributed by atoms with Gasteiger partial charge in [0.2, 0.25) is 0 Å². The minimum Gasteiger partial charge on any atom is -0.396 e. The molecule has 176 valence electrons. The van der Waals surface area contributed by atoms with E-state index in [1.165, 1.54) is 25.0 Å². The van der Waals surface area contributed by atoms with Gasteiger partial charge in [0, 0.05) is 17.3 Å². The molecule has 1 heterocycles. The first-order valence-corrected chi connectivity index (χ1v) is 11.8. The summed E-state index contributed by atoms with van der Waals surface area (Å²) in [6.07, 6.45) is 6.19. The summed E-state index contributed by atoms with van der Waals surface area (Å²) < 4.78 is 13.4. The molecule has 1 N–H and O–H groups in total. The number of carbonyl (C=O) groups excluding carboxylic acids is 1. The monoisotopic (exact) mass is 451 g/mol. The lowest BCUT2D eigenvalue weighted by molar-refractivity contribution is -0.119. The molecule has 0 radical (unpaired) electrons. The van der Waals surface area contributed by atoms with E-state index in [1.54, 1.807) is 23.1 Å². The molecule has 2 aromatic rings. The summed E-state index contributed by atoms with van der Waals surface area (Å²) in [5.74, 6) is -0.443. The average Bonchev–Trinajstić information content (AvgIpc) is 2.83. The molecule has 5 nitrogen and oxygen atoms in total. The molecule has 3 rings (SSSR count). The number of unbranched alkanes of at least 4 members (excludes halogenated alkanes) is 1. The lowest BCUT2D eigenvalue weighted by Crippen LogP contribution is -2.49. The van der Waals surface area contributed by atoms with Gasteiger partial charge in [0.25, 0.3) is 5.91 Å². The van der Waals surface area contributed by atoms with Crippen LogP contribution in [-0.4, -0.2) is 30.8 Å². The maximum absolute atomic E-state index is 13.4. The van der Waals surface area contributed by atoms with E-state index in [-0.39, 0.29) is 17.8 Å². The molecule has 2 unspecified atom stereocenters. The van der Waals surface area contributed by atoms with E-state index in [0.717, 1.165) is 24.9 Å². The molecule has 1 fully saturated rings. The molecule has 1 aliphatic heterocycles. The van der Waals surface area contributed by atoms with Gasteiger partial charge >= 0.3 is 0 Å². The van der Waals surface area contributed by atoms with Crippen LogP contribution in [0.1, 0.15) is 58.1 Å². The molecule has 2 aromatic carbocycles. The van der Waals surface area contributed by atoms with Gasteiger partial charge < -0.3 is 10.2 Å². The summed E-state index contributed by atoms with van der Waals surface area (Å²) in [5.41, 5.74) is 2.95. The summed E-state index contributed by atoms with van der Waals surface area (Å²) in [6, 6.07) is 16.0. The van der Waals surface area contributed by atoms with Gasteiger partial charge in [-0.3, -0.25) is 9.69 Å². The lowest BCUT2D eigenvalue weighted by atomic mass is 9.86. The lowest BCUT2D eigenvalue weighted by Gasteiger charge is -2.43. The normalized spacial score (nSPS) is 18.4. The highest BCUT2D eigenvalue weighted by Gasteiger charge is 2.43. The van der Waals surface area contributed by atoms with E-state index in [4.69, 9.17) is 4.84 Å². The van der Waals surface area contributed by atoms with Crippen LogP contribution in [0.25, 0.3) is 0 Å². The third kappa shape index (κ3) is 6.51. The van der Waals surface area contributed by atoms with Gasteiger partial charge in [-0.15, -0.1) is 0 Å². The molecular weight excluding hydrogens is 417 g/mol. The number of amides is 1. The van der Waals surface area contributed by atoms with Gasteiger partial charge in [-0.1, -0.05) is 62.2 Å². The number of rotatable bonds is 12. The fourth-order valence-electron chi connectivity index (χ4n) is 4.10. The van der Waals surface area contributed by atoms with Crippen molar-refractivity contribution in [1.82, 2.24) is 5.32 Å². The zero-order valence-electron chi connectivity index (χ0n) is 19.8. The summed E-state index contributed by atoms with van der Waals surface area (Å²) in [4.78, 5) is 20.3. The molecule has 6 heteroatoms. The van der Waals surface area contributed by atoms with E-state index in [0.29, 0.717) is 29.6 Å². The Morgan fingerprint density at radius 3 is 2.55 bits per heavy atom. The number of carbonyl (C=O) groups is 1. The van der Waals surface area contributed by atoms with Crippen molar-refractivity contribution in [3.8, 4) is 0 Å². The Morgan fingerprint density at radius 1 is 1.15 bits per heavy atom. The number of anilines is 1. The molecule has 1 aliphatic rings. The van der Waals surface area contributed by atoms with Crippen LogP contribution in [0.5, 0.6) is 0 Å². The van der Waals surface area contributed by atoms with Gasteiger partial charge in [-0.2, -0.15) is 0 Å². The standard InChI is InChI=1S/C27H34FN3O2/c1-4-6-12-23(29-5-2)17-18-33-30-20(3)19-25-26(21-10-8-7-9-11-21)31(27(25)32)24-15-13-22(28)14-16-24/h7-11,13-16,19,23,26,29H,4-6,12,17-18H2,1-3H3. The Balaban J connectivity index is 1.70. The number of oxime groups is 1. The third-order valence-electron chi connectivity index (χ3n) is 5.77. The Hall–Kier alpha value is -2.99. The fourth-order valence-corrected chi connectivity index (χ4v) is 4.10. The van der Waals surface area contributed by atoms with Gasteiger partial charge in [-0.25, -0.2) is 4.39 Å². The first-order valence-electron chi connectivity index (χ1n) is 11.8. The zero-order chi connectivity index (χ0) is 23.6. The Labute approximate surface area is 196 Å². The van der Waals surface area contributed by atoms with E-state index in [1.807, 2.05) is 37.3 Å². The largest absolute Gasteiger partial charge is 0.396 e.